The van der Waals surface area contributed by atoms with Gasteiger partial charge in [-0.1, -0.05) is 60.7 Å². The second-order valence-corrected chi connectivity index (χ2v) is 15.9. The van der Waals surface area contributed by atoms with Crippen LogP contribution in [0.5, 0.6) is 0 Å². The Labute approximate surface area is 334 Å². The molecule has 2 fully saturated rings. The van der Waals surface area contributed by atoms with E-state index in [4.69, 9.17) is 19.9 Å². The third-order valence-electron chi connectivity index (χ3n) is 8.61. The number of likely N-dealkylation sites (tertiary alicyclic amines) is 2. The van der Waals surface area contributed by atoms with E-state index in [0.717, 1.165) is 29.7 Å². The van der Waals surface area contributed by atoms with Crippen molar-refractivity contribution < 1.29 is 38.2 Å². The Morgan fingerprint density at radius 2 is 1.20 bits per heavy atom. The Morgan fingerprint density at radius 1 is 0.759 bits per heavy atom. The normalized spacial score (nSPS) is 17.6. The number of carbonyl (C=O) groups is 5. The number of carbonyl (C=O) groups excluding carboxylic acids is 5. The van der Waals surface area contributed by atoms with Gasteiger partial charge in [0.1, 0.15) is 36.9 Å². The molecule has 4 rings (SSSR count). The minimum Gasteiger partial charge on any atom is -0.459 e. The first kappa shape index (κ1) is 46.7. The molecule has 3 N–H and O–H groups in total. The Bertz CT molecular complexity index is 1470. The number of nitrogens with one attached hydrogen (secondary N) is 1. The van der Waals surface area contributed by atoms with Crippen molar-refractivity contribution in [3.8, 4) is 0 Å². The minimum atomic E-state index is -0.741. The highest BCUT2D eigenvalue weighted by Gasteiger charge is 2.39. The highest BCUT2D eigenvalue weighted by atomic mass is 35.5. The monoisotopic (exact) mass is 808 g/mol. The van der Waals surface area contributed by atoms with Crippen LogP contribution >= 0.6 is 35.9 Å². The van der Waals surface area contributed by atoms with Gasteiger partial charge in [0.15, 0.2) is 0 Å². The zero-order valence-electron chi connectivity index (χ0n) is 32.0. The predicted octanol–water partition coefficient (Wildman–Crippen LogP) is 5.59. The summed E-state index contributed by atoms with van der Waals surface area (Å²) in [7, 11) is 0. The maximum Gasteiger partial charge on any atom is 0.408 e. The molecule has 2 aromatic carbocycles. The van der Waals surface area contributed by atoms with Crippen molar-refractivity contribution in [1.29, 1.82) is 0 Å². The van der Waals surface area contributed by atoms with Gasteiger partial charge < -0.3 is 35.1 Å². The van der Waals surface area contributed by atoms with E-state index in [-0.39, 0.29) is 43.4 Å². The fourth-order valence-electron chi connectivity index (χ4n) is 5.93. The summed E-state index contributed by atoms with van der Waals surface area (Å²) in [5.41, 5.74) is 7.13. The number of alkyl carbamates (subject to hydrolysis) is 1. The van der Waals surface area contributed by atoms with Gasteiger partial charge in [-0.2, -0.15) is 23.5 Å². The van der Waals surface area contributed by atoms with E-state index >= 15 is 0 Å². The van der Waals surface area contributed by atoms with Gasteiger partial charge in [-0.25, -0.2) is 14.4 Å². The molecule has 12 nitrogen and oxygen atoms in total. The van der Waals surface area contributed by atoms with Crippen LogP contribution in [0.2, 0.25) is 0 Å². The molecule has 0 spiro atoms. The van der Waals surface area contributed by atoms with E-state index < -0.39 is 41.8 Å². The number of benzene rings is 2. The number of hydrogen-bond donors (Lipinski definition) is 2. The van der Waals surface area contributed by atoms with Crippen molar-refractivity contribution in [2.45, 2.75) is 102 Å². The summed E-state index contributed by atoms with van der Waals surface area (Å²) in [6.07, 6.45) is 7.11. The van der Waals surface area contributed by atoms with Gasteiger partial charge in [0.05, 0.1) is 6.04 Å². The SMILES string of the molecule is CSCC[C@H](N)C(=O)N1CCC[C@H]1C(=O)OCc1ccccc1.CSCC[C@H](NC(=O)OC(C)(C)C)C(=O)N1CCC[C@H]1C(=O)OCc1ccccc1.Cl. The van der Waals surface area contributed by atoms with Crippen LogP contribution in [0, 0.1) is 0 Å². The molecule has 2 heterocycles. The molecule has 4 atom stereocenters. The van der Waals surface area contributed by atoms with Gasteiger partial charge in [-0.3, -0.25) is 9.59 Å². The van der Waals surface area contributed by atoms with E-state index in [2.05, 4.69) is 5.32 Å². The number of halogens is 1. The van der Waals surface area contributed by atoms with Crippen molar-refractivity contribution in [2.75, 3.05) is 37.1 Å². The van der Waals surface area contributed by atoms with Gasteiger partial charge in [-0.05, 0) is 94.4 Å². The van der Waals surface area contributed by atoms with Gasteiger partial charge in [0.2, 0.25) is 11.8 Å². The van der Waals surface area contributed by atoms with Crippen LogP contribution in [-0.4, -0.2) is 107 Å². The highest BCUT2D eigenvalue weighted by molar-refractivity contribution is 7.98. The van der Waals surface area contributed by atoms with E-state index in [1.807, 2.05) is 73.2 Å². The van der Waals surface area contributed by atoms with Gasteiger partial charge in [0.25, 0.3) is 0 Å². The Balaban J connectivity index is 0.000000379. The molecule has 0 aliphatic carbocycles. The zero-order chi connectivity index (χ0) is 38.8. The fraction of sp³-hybridized carbons (Fsp3) is 0.564. The number of nitrogens with two attached hydrogens (primary N) is 1. The minimum absolute atomic E-state index is 0. The van der Waals surface area contributed by atoms with Crippen LogP contribution in [0.15, 0.2) is 60.7 Å². The van der Waals surface area contributed by atoms with Crippen molar-refractivity contribution in [3.63, 3.8) is 0 Å². The van der Waals surface area contributed by atoms with Crippen LogP contribution in [-0.2, 0) is 46.6 Å². The van der Waals surface area contributed by atoms with Gasteiger partial charge in [0, 0.05) is 13.1 Å². The number of rotatable bonds is 15. The first-order valence-corrected chi connectivity index (χ1v) is 20.9. The number of hydrogen-bond acceptors (Lipinski definition) is 11. The molecule has 0 bridgehead atoms. The van der Waals surface area contributed by atoms with Crippen LogP contribution in [0.4, 0.5) is 4.79 Å². The van der Waals surface area contributed by atoms with Gasteiger partial charge in [-0.15, -0.1) is 12.4 Å². The van der Waals surface area contributed by atoms with E-state index in [9.17, 15) is 24.0 Å². The van der Waals surface area contributed by atoms with Crippen molar-refractivity contribution in [3.05, 3.63) is 71.8 Å². The molecule has 3 amide bonds. The summed E-state index contributed by atoms with van der Waals surface area (Å²) in [5.74, 6) is 0.377. The van der Waals surface area contributed by atoms with Crippen molar-refractivity contribution >= 4 is 65.8 Å². The number of amides is 3. The van der Waals surface area contributed by atoms with Crippen molar-refractivity contribution in [1.82, 2.24) is 15.1 Å². The summed E-state index contributed by atoms with van der Waals surface area (Å²) in [6.45, 7) is 6.76. The predicted molar refractivity (Wildman–Crippen MR) is 216 cm³/mol. The van der Waals surface area contributed by atoms with Crippen molar-refractivity contribution in [2.24, 2.45) is 5.73 Å². The lowest BCUT2D eigenvalue weighted by atomic mass is 10.1. The second-order valence-electron chi connectivity index (χ2n) is 13.9. The van der Waals surface area contributed by atoms with Crippen LogP contribution in [0.1, 0.15) is 70.4 Å². The molecule has 2 aliphatic heterocycles. The highest BCUT2D eigenvalue weighted by Crippen LogP contribution is 2.23. The first-order chi connectivity index (χ1) is 25.3. The molecule has 15 heteroatoms. The van der Waals surface area contributed by atoms with Crippen LogP contribution in [0.25, 0.3) is 0 Å². The summed E-state index contributed by atoms with van der Waals surface area (Å²) in [4.78, 5) is 65.9. The Hall–Kier alpha value is -3.46. The number of ether oxygens (including phenoxy) is 3. The topological polar surface area (TPSA) is 158 Å². The Kier molecular flexibility index (Phi) is 20.9. The zero-order valence-corrected chi connectivity index (χ0v) is 34.5. The molecule has 2 aliphatic rings. The molecular formula is C39H57ClN4O8S2. The maximum atomic E-state index is 13.2. The third kappa shape index (κ3) is 15.7. The van der Waals surface area contributed by atoms with Crippen LogP contribution in [0.3, 0.4) is 0 Å². The van der Waals surface area contributed by atoms with E-state index in [1.54, 1.807) is 49.2 Å². The van der Waals surface area contributed by atoms with E-state index in [0.29, 0.717) is 44.5 Å². The second kappa shape index (κ2) is 24.1. The molecule has 0 saturated carbocycles. The smallest absolute Gasteiger partial charge is 0.408 e. The fourth-order valence-corrected chi connectivity index (χ4v) is 6.89. The maximum absolute atomic E-state index is 13.2. The van der Waals surface area contributed by atoms with Crippen LogP contribution < -0.4 is 11.1 Å². The average molecular weight is 809 g/mol. The molecule has 2 aromatic rings. The number of nitrogens with zero attached hydrogens (tertiary/aromatic N) is 2. The summed E-state index contributed by atoms with van der Waals surface area (Å²) < 4.78 is 16.1. The molecule has 300 valence electrons. The number of thioether (sulfide) groups is 2. The largest absolute Gasteiger partial charge is 0.459 e. The molecular weight excluding hydrogens is 752 g/mol. The Morgan fingerprint density at radius 3 is 1.65 bits per heavy atom. The molecule has 0 radical (unpaired) electrons. The van der Waals surface area contributed by atoms with E-state index in [1.165, 1.54) is 4.90 Å². The molecule has 0 aromatic heterocycles. The lowest BCUT2D eigenvalue weighted by Crippen LogP contribution is -2.52. The summed E-state index contributed by atoms with van der Waals surface area (Å²) in [5, 5.41) is 2.68. The quantitative estimate of drug-likeness (QED) is 0.171. The lowest BCUT2D eigenvalue weighted by molar-refractivity contribution is -0.155. The third-order valence-corrected chi connectivity index (χ3v) is 9.90. The standard InChI is InChI=1S/C22H32N2O5S.C17H24N2O3S.ClH/c1-22(2,3)29-21(27)23-17(12-14-30-4)19(25)24-13-8-11-18(24)20(26)28-15-16-9-6-5-7-10-16;1-23-11-9-14(18)16(20)19-10-5-8-15(19)17(21)22-12-13-6-3-2-4-7-13;/h5-7,9-10,17-18H,8,11-15H2,1-4H3,(H,23,27);2-4,6-7,14-15H,5,8-12,18H2,1H3;1H/t17-,18-;14-,15-;/m00./s1. The number of esters is 2. The molecule has 2 saturated heterocycles. The summed E-state index contributed by atoms with van der Waals surface area (Å²) in [6, 6.07) is 16.6. The van der Waals surface area contributed by atoms with Gasteiger partial charge >= 0.3 is 18.0 Å². The first-order valence-electron chi connectivity index (χ1n) is 18.1. The average Bonchev–Trinajstić information content (AvgIpc) is 3.84. The lowest BCUT2D eigenvalue weighted by Gasteiger charge is -2.29. The molecule has 0 unspecified atom stereocenters. The summed E-state index contributed by atoms with van der Waals surface area (Å²) >= 11 is 3.25. The molecule has 54 heavy (non-hydrogen) atoms.